The van der Waals surface area contributed by atoms with Gasteiger partial charge in [0, 0.05) is 11.8 Å². The van der Waals surface area contributed by atoms with Gasteiger partial charge in [0.15, 0.2) is 9.84 Å². The second kappa shape index (κ2) is 7.23. The molecule has 2 aromatic carbocycles. The minimum Gasteiger partial charge on any atom is -0.396 e. The first kappa shape index (κ1) is 17.4. The molecule has 0 heterocycles. The van der Waals surface area contributed by atoms with Crippen molar-refractivity contribution in [2.24, 2.45) is 5.16 Å². The minimum atomic E-state index is -3.19. The van der Waals surface area contributed by atoms with E-state index in [0.717, 1.165) is 35.3 Å². The van der Waals surface area contributed by atoms with Crippen LogP contribution in [-0.2, 0) is 21.1 Å². The summed E-state index contributed by atoms with van der Waals surface area (Å²) in [6.07, 6.45) is 5.02. The predicted octanol–water partition coefficient (Wildman–Crippen LogP) is 3.97. The molecule has 0 amide bonds. The lowest BCUT2D eigenvalue weighted by Crippen LogP contribution is -2.13. The third kappa shape index (κ3) is 3.99. The molecule has 0 bridgehead atoms. The monoisotopic (exact) mass is 355 g/mol. The van der Waals surface area contributed by atoms with Crippen molar-refractivity contribution in [3.63, 3.8) is 0 Å². The van der Waals surface area contributed by atoms with Gasteiger partial charge in [0.1, 0.15) is 6.61 Å². The van der Waals surface area contributed by atoms with E-state index in [2.05, 4.69) is 17.3 Å². The van der Waals surface area contributed by atoms with Crippen LogP contribution >= 0.6 is 0 Å². The first-order valence-corrected chi connectivity index (χ1v) is 10.2. The second-order valence-electron chi connectivity index (χ2n) is 6.01. The predicted molar refractivity (Wildman–Crippen MR) is 101 cm³/mol. The third-order valence-electron chi connectivity index (χ3n) is 4.17. The quantitative estimate of drug-likeness (QED) is 0.780. The van der Waals surface area contributed by atoms with E-state index in [0.29, 0.717) is 11.5 Å². The molecule has 1 aliphatic carbocycles. The molecule has 0 unspecified atom stereocenters. The normalized spacial score (nSPS) is 17.5. The summed E-state index contributed by atoms with van der Waals surface area (Å²) < 4.78 is 23.2. The fourth-order valence-electron chi connectivity index (χ4n) is 2.92. The van der Waals surface area contributed by atoms with Crippen LogP contribution in [0.1, 0.15) is 30.0 Å². The lowest BCUT2D eigenvalue weighted by Gasteiger charge is -2.20. The second-order valence-corrected chi connectivity index (χ2v) is 8.03. The third-order valence-corrected chi connectivity index (χ3v) is 5.30. The lowest BCUT2D eigenvalue weighted by atomic mass is 9.85. The standard InChI is InChI=1S/C20H21NO3S/c1-3-24-21-20-13-10-16-6-4-5-7-18(16)19(20)14-15-8-11-17(12-9-15)25(2,22)23/h4-9,11-12,14H,3,10,13H2,1-2H3/b19-14+,21-20-. The minimum absolute atomic E-state index is 0.321. The van der Waals surface area contributed by atoms with E-state index < -0.39 is 9.84 Å². The highest BCUT2D eigenvalue weighted by molar-refractivity contribution is 7.90. The van der Waals surface area contributed by atoms with Crippen molar-refractivity contribution < 1.29 is 13.3 Å². The maximum Gasteiger partial charge on any atom is 0.175 e. The van der Waals surface area contributed by atoms with Crippen LogP contribution in [0.2, 0.25) is 0 Å². The summed E-state index contributed by atoms with van der Waals surface area (Å²) in [6.45, 7) is 2.44. The Hall–Kier alpha value is -2.40. The molecule has 0 atom stereocenters. The van der Waals surface area contributed by atoms with Gasteiger partial charge in [0.25, 0.3) is 0 Å². The molecule has 0 saturated carbocycles. The number of nitrogens with zero attached hydrogens (tertiary/aromatic N) is 1. The highest BCUT2D eigenvalue weighted by Gasteiger charge is 2.20. The fourth-order valence-corrected chi connectivity index (χ4v) is 3.55. The topological polar surface area (TPSA) is 55.7 Å². The Labute approximate surface area is 148 Å². The largest absolute Gasteiger partial charge is 0.396 e. The Balaban J connectivity index is 2.05. The van der Waals surface area contributed by atoms with Crippen LogP contribution in [0, 0.1) is 0 Å². The van der Waals surface area contributed by atoms with Gasteiger partial charge in [-0.3, -0.25) is 0 Å². The smallest absolute Gasteiger partial charge is 0.175 e. The highest BCUT2D eigenvalue weighted by Crippen LogP contribution is 2.31. The summed E-state index contributed by atoms with van der Waals surface area (Å²) in [6, 6.07) is 15.2. The van der Waals surface area contributed by atoms with E-state index >= 15 is 0 Å². The Kier molecular flexibility index (Phi) is 5.04. The van der Waals surface area contributed by atoms with Crippen LogP contribution in [0.4, 0.5) is 0 Å². The molecule has 5 heteroatoms. The number of hydrogen-bond donors (Lipinski definition) is 0. The Morgan fingerprint density at radius 1 is 1.08 bits per heavy atom. The molecule has 0 aromatic heterocycles. The molecule has 0 radical (unpaired) electrons. The van der Waals surface area contributed by atoms with Crippen molar-refractivity contribution >= 4 is 27.2 Å². The van der Waals surface area contributed by atoms with Crippen LogP contribution in [0.5, 0.6) is 0 Å². The van der Waals surface area contributed by atoms with E-state index in [1.807, 2.05) is 37.3 Å². The summed E-state index contributed by atoms with van der Waals surface area (Å²) in [5.74, 6) is 0. The number of sulfone groups is 1. The molecule has 0 saturated heterocycles. The van der Waals surface area contributed by atoms with Crippen LogP contribution in [0.3, 0.4) is 0 Å². The number of hydrogen-bond acceptors (Lipinski definition) is 4. The van der Waals surface area contributed by atoms with Gasteiger partial charge in [0.2, 0.25) is 0 Å². The zero-order valence-electron chi connectivity index (χ0n) is 14.4. The highest BCUT2D eigenvalue weighted by atomic mass is 32.2. The molecule has 0 aliphatic heterocycles. The summed E-state index contributed by atoms with van der Waals surface area (Å²) in [7, 11) is -3.19. The maximum absolute atomic E-state index is 11.6. The first-order valence-electron chi connectivity index (χ1n) is 8.28. The van der Waals surface area contributed by atoms with E-state index in [4.69, 9.17) is 4.84 Å². The van der Waals surface area contributed by atoms with Gasteiger partial charge in [-0.2, -0.15) is 0 Å². The van der Waals surface area contributed by atoms with Crippen molar-refractivity contribution in [2.75, 3.05) is 12.9 Å². The lowest BCUT2D eigenvalue weighted by molar-refractivity contribution is 0.158. The van der Waals surface area contributed by atoms with Crippen LogP contribution in [0.25, 0.3) is 11.6 Å². The van der Waals surface area contributed by atoms with Gasteiger partial charge in [-0.1, -0.05) is 41.6 Å². The number of aryl methyl sites for hydroxylation is 1. The Bertz CT molecular complexity index is 926. The van der Waals surface area contributed by atoms with E-state index in [-0.39, 0.29) is 0 Å². The van der Waals surface area contributed by atoms with Crippen molar-refractivity contribution in [2.45, 2.75) is 24.7 Å². The van der Waals surface area contributed by atoms with Gasteiger partial charge in [-0.15, -0.1) is 0 Å². The number of allylic oxidation sites excluding steroid dienone is 1. The average Bonchev–Trinajstić information content (AvgIpc) is 2.61. The Morgan fingerprint density at radius 2 is 1.80 bits per heavy atom. The zero-order chi connectivity index (χ0) is 17.9. The molecule has 0 N–H and O–H groups in total. The molecule has 2 aromatic rings. The zero-order valence-corrected chi connectivity index (χ0v) is 15.2. The van der Waals surface area contributed by atoms with Crippen molar-refractivity contribution in [3.8, 4) is 0 Å². The van der Waals surface area contributed by atoms with Crippen molar-refractivity contribution in [1.29, 1.82) is 0 Å². The molecule has 25 heavy (non-hydrogen) atoms. The van der Waals surface area contributed by atoms with Crippen molar-refractivity contribution in [1.82, 2.24) is 0 Å². The first-order chi connectivity index (χ1) is 12.0. The summed E-state index contributed by atoms with van der Waals surface area (Å²) in [5.41, 5.74) is 5.33. The van der Waals surface area contributed by atoms with E-state index in [1.54, 1.807) is 12.1 Å². The van der Waals surface area contributed by atoms with Crippen LogP contribution < -0.4 is 0 Å². The summed E-state index contributed by atoms with van der Waals surface area (Å²) in [4.78, 5) is 5.61. The molecular weight excluding hydrogens is 334 g/mol. The van der Waals surface area contributed by atoms with Gasteiger partial charge in [0.05, 0.1) is 10.6 Å². The fraction of sp³-hybridized carbons (Fsp3) is 0.250. The number of oxime groups is 1. The molecule has 130 valence electrons. The number of rotatable bonds is 4. The van der Waals surface area contributed by atoms with Gasteiger partial charge < -0.3 is 4.84 Å². The van der Waals surface area contributed by atoms with Crippen molar-refractivity contribution in [3.05, 3.63) is 65.2 Å². The van der Waals surface area contributed by atoms with Gasteiger partial charge in [-0.25, -0.2) is 8.42 Å². The Morgan fingerprint density at radius 3 is 2.48 bits per heavy atom. The number of fused-ring (bicyclic) bond motifs is 1. The van der Waals surface area contributed by atoms with Crippen LogP contribution in [0.15, 0.2) is 58.6 Å². The molecule has 1 aliphatic rings. The van der Waals surface area contributed by atoms with E-state index in [9.17, 15) is 8.42 Å². The summed E-state index contributed by atoms with van der Waals surface area (Å²) >= 11 is 0. The SMILES string of the molecule is CCO/N=C1/CCc2ccccc2/C1=C\c1ccc(S(C)(=O)=O)cc1. The molecular formula is C20H21NO3S. The van der Waals surface area contributed by atoms with Gasteiger partial charge >= 0.3 is 0 Å². The molecule has 4 nitrogen and oxygen atoms in total. The van der Waals surface area contributed by atoms with Crippen LogP contribution in [-0.4, -0.2) is 27.0 Å². The number of benzene rings is 2. The van der Waals surface area contributed by atoms with Gasteiger partial charge in [-0.05, 0) is 54.7 Å². The molecule has 3 rings (SSSR count). The van der Waals surface area contributed by atoms with E-state index in [1.165, 1.54) is 11.8 Å². The molecule has 0 spiro atoms. The summed E-state index contributed by atoms with van der Waals surface area (Å²) in [5, 5.41) is 4.29. The maximum atomic E-state index is 11.6. The average molecular weight is 355 g/mol. The molecule has 0 fully saturated rings.